The SMILES string of the molecule is O=C1C[C@H](c2ccc(F)cc2)C2=C(O1)C(=O)CCC2. The van der Waals surface area contributed by atoms with E-state index in [2.05, 4.69) is 0 Å². The summed E-state index contributed by atoms with van der Waals surface area (Å²) in [5.41, 5.74) is 1.75. The largest absolute Gasteiger partial charge is 0.423 e. The first-order chi connectivity index (χ1) is 9.15. The lowest BCUT2D eigenvalue weighted by Crippen LogP contribution is -2.27. The van der Waals surface area contributed by atoms with Crippen LogP contribution in [-0.4, -0.2) is 11.8 Å². The Morgan fingerprint density at radius 1 is 1.11 bits per heavy atom. The number of esters is 1. The van der Waals surface area contributed by atoms with Gasteiger partial charge in [0.05, 0.1) is 6.42 Å². The van der Waals surface area contributed by atoms with Gasteiger partial charge in [0.2, 0.25) is 0 Å². The van der Waals surface area contributed by atoms with Crippen LogP contribution in [0.5, 0.6) is 0 Å². The summed E-state index contributed by atoms with van der Waals surface area (Å²) in [7, 11) is 0. The average molecular weight is 260 g/mol. The standard InChI is InChI=1S/C15H13FO3/c16-10-6-4-9(5-7-10)12-8-14(18)19-15-11(12)2-1-3-13(15)17/h4-7,12H,1-3,8H2/t12-/m1/s1. The zero-order valence-electron chi connectivity index (χ0n) is 10.3. The third-order valence-electron chi connectivity index (χ3n) is 3.67. The second-order valence-electron chi connectivity index (χ2n) is 4.91. The Bertz CT molecular complexity index is 572. The molecule has 1 aromatic rings. The van der Waals surface area contributed by atoms with Crippen LogP contribution in [0.25, 0.3) is 0 Å². The Balaban J connectivity index is 2.04. The number of allylic oxidation sites excluding steroid dienone is 2. The van der Waals surface area contributed by atoms with Gasteiger partial charge in [-0.3, -0.25) is 9.59 Å². The monoisotopic (exact) mass is 260 g/mol. The first kappa shape index (κ1) is 12.1. The van der Waals surface area contributed by atoms with Gasteiger partial charge in [-0.2, -0.15) is 0 Å². The van der Waals surface area contributed by atoms with Gasteiger partial charge < -0.3 is 4.74 Å². The lowest BCUT2D eigenvalue weighted by atomic mass is 9.80. The van der Waals surface area contributed by atoms with E-state index in [1.165, 1.54) is 12.1 Å². The van der Waals surface area contributed by atoms with E-state index in [0.717, 1.165) is 24.0 Å². The van der Waals surface area contributed by atoms with E-state index >= 15 is 0 Å². The maximum atomic E-state index is 13.0. The smallest absolute Gasteiger partial charge is 0.312 e. The third-order valence-corrected chi connectivity index (χ3v) is 3.67. The number of halogens is 1. The van der Waals surface area contributed by atoms with Gasteiger partial charge in [-0.15, -0.1) is 0 Å². The molecular formula is C15H13FO3. The van der Waals surface area contributed by atoms with Gasteiger partial charge in [-0.1, -0.05) is 12.1 Å². The second-order valence-corrected chi connectivity index (χ2v) is 4.91. The van der Waals surface area contributed by atoms with Gasteiger partial charge in [-0.25, -0.2) is 4.39 Å². The van der Waals surface area contributed by atoms with E-state index in [9.17, 15) is 14.0 Å². The summed E-state index contributed by atoms with van der Waals surface area (Å²) < 4.78 is 18.1. The zero-order chi connectivity index (χ0) is 13.4. The van der Waals surface area contributed by atoms with Gasteiger partial charge in [-0.05, 0) is 36.1 Å². The maximum absolute atomic E-state index is 13.0. The number of ether oxygens (including phenoxy) is 1. The minimum absolute atomic E-state index is 0.0959. The normalized spacial score (nSPS) is 23.1. The maximum Gasteiger partial charge on any atom is 0.312 e. The van der Waals surface area contributed by atoms with Crippen LogP contribution in [0.15, 0.2) is 35.6 Å². The fraction of sp³-hybridized carbons (Fsp3) is 0.333. The van der Waals surface area contributed by atoms with Gasteiger partial charge >= 0.3 is 5.97 Å². The highest BCUT2D eigenvalue weighted by Crippen LogP contribution is 2.40. The van der Waals surface area contributed by atoms with Crippen molar-refractivity contribution in [2.24, 2.45) is 0 Å². The highest BCUT2D eigenvalue weighted by molar-refractivity contribution is 5.98. The fourth-order valence-corrected chi connectivity index (χ4v) is 2.76. The van der Waals surface area contributed by atoms with Gasteiger partial charge in [0.15, 0.2) is 11.5 Å². The molecule has 4 heteroatoms. The van der Waals surface area contributed by atoms with Crippen molar-refractivity contribution in [1.29, 1.82) is 0 Å². The van der Waals surface area contributed by atoms with Crippen LogP contribution < -0.4 is 0 Å². The molecule has 0 aromatic heterocycles. The predicted octanol–water partition coefficient (Wildman–Crippen LogP) is 2.86. The Labute approximate surface area is 110 Å². The fourth-order valence-electron chi connectivity index (χ4n) is 2.76. The highest BCUT2D eigenvalue weighted by Gasteiger charge is 2.35. The Morgan fingerprint density at radius 2 is 1.84 bits per heavy atom. The average Bonchev–Trinajstić information content (AvgIpc) is 2.40. The molecule has 1 atom stereocenters. The van der Waals surface area contributed by atoms with Crippen molar-refractivity contribution >= 4 is 11.8 Å². The molecule has 0 bridgehead atoms. The number of hydrogen-bond acceptors (Lipinski definition) is 3. The molecule has 3 nitrogen and oxygen atoms in total. The minimum atomic E-state index is -0.386. The summed E-state index contributed by atoms with van der Waals surface area (Å²) in [6.45, 7) is 0. The van der Waals surface area contributed by atoms with E-state index in [-0.39, 0.29) is 35.7 Å². The van der Waals surface area contributed by atoms with Gasteiger partial charge in [0.1, 0.15) is 5.82 Å². The van der Waals surface area contributed by atoms with Crippen LogP contribution in [0.2, 0.25) is 0 Å². The molecule has 0 amide bonds. The van der Waals surface area contributed by atoms with Crippen molar-refractivity contribution in [3.63, 3.8) is 0 Å². The van der Waals surface area contributed by atoms with Crippen molar-refractivity contribution < 1.29 is 18.7 Å². The number of ketones is 1. The van der Waals surface area contributed by atoms with Crippen LogP contribution in [0.1, 0.15) is 37.2 Å². The van der Waals surface area contributed by atoms with Gasteiger partial charge in [0, 0.05) is 12.3 Å². The number of carbonyl (C=O) groups excluding carboxylic acids is 2. The number of rotatable bonds is 1. The van der Waals surface area contributed by atoms with E-state index in [1.54, 1.807) is 12.1 Å². The summed E-state index contributed by atoms with van der Waals surface area (Å²) in [4.78, 5) is 23.4. The third kappa shape index (κ3) is 2.18. The highest BCUT2D eigenvalue weighted by atomic mass is 19.1. The van der Waals surface area contributed by atoms with Crippen molar-refractivity contribution in [3.8, 4) is 0 Å². The molecule has 1 aliphatic carbocycles. The first-order valence-corrected chi connectivity index (χ1v) is 6.37. The van der Waals surface area contributed by atoms with Crippen molar-refractivity contribution in [3.05, 3.63) is 47.0 Å². The number of benzene rings is 1. The molecule has 0 spiro atoms. The molecule has 2 aliphatic rings. The van der Waals surface area contributed by atoms with Crippen LogP contribution >= 0.6 is 0 Å². The molecule has 19 heavy (non-hydrogen) atoms. The van der Waals surface area contributed by atoms with Crippen molar-refractivity contribution in [1.82, 2.24) is 0 Å². The van der Waals surface area contributed by atoms with Crippen LogP contribution in [0.4, 0.5) is 4.39 Å². The van der Waals surface area contributed by atoms with Crippen molar-refractivity contribution in [2.45, 2.75) is 31.6 Å². The van der Waals surface area contributed by atoms with Gasteiger partial charge in [0.25, 0.3) is 0 Å². The Kier molecular flexibility index (Phi) is 2.93. The molecule has 0 unspecified atom stereocenters. The Morgan fingerprint density at radius 3 is 2.58 bits per heavy atom. The lowest BCUT2D eigenvalue weighted by Gasteiger charge is -2.30. The molecule has 1 aromatic carbocycles. The lowest BCUT2D eigenvalue weighted by molar-refractivity contribution is -0.144. The number of hydrogen-bond donors (Lipinski definition) is 0. The predicted molar refractivity (Wildman–Crippen MR) is 65.7 cm³/mol. The second kappa shape index (κ2) is 4.61. The molecule has 0 radical (unpaired) electrons. The molecule has 0 N–H and O–H groups in total. The van der Waals surface area contributed by atoms with Crippen LogP contribution in [0.3, 0.4) is 0 Å². The Hall–Kier alpha value is -1.97. The van der Waals surface area contributed by atoms with Crippen LogP contribution in [-0.2, 0) is 14.3 Å². The molecular weight excluding hydrogens is 247 g/mol. The summed E-state index contributed by atoms with van der Waals surface area (Å²) in [5, 5.41) is 0. The number of carbonyl (C=O) groups is 2. The number of Topliss-reactive ketones (excluding diaryl/α,β-unsaturated/α-hetero) is 1. The molecule has 0 saturated carbocycles. The summed E-state index contributed by atoms with van der Waals surface area (Å²) >= 11 is 0. The molecule has 3 rings (SSSR count). The molecule has 0 fully saturated rings. The molecule has 1 aliphatic heterocycles. The molecule has 1 heterocycles. The van der Waals surface area contributed by atoms with Crippen LogP contribution in [0, 0.1) is 5.82 Å². The van der Waals surface area contributed by atoms with E-state index in [1.807, 2.05) is 0 Å². The van der Waals surface area contributed by atoms with E-state index < -0.39 is 0 Å². The first-order valence-electron chi connectivity index (χ1n) is 6.37. The summed E-state index contributed by atoms with van der Waals surface area (Å²) in [5.74, 6) is -0.710. The summed E-state index contributed by atoms with van der Waals surface area (Å²) in [6.07, 6.45) is 2.20. The summed E-state index contributed by atoms with van der Waals surface area (Å²) in [6, 6.07) is 6.09. The molecule has 98 valence electrons. The topological polar surface area (TPSA) is 43.4 Å². The minimum Gasteiger partial charge on any atom is -0.423 e. The van der Waals surface area contributed by atoms with E-state index in [0.29, 0.717) is 6.42 Å². The molecule has 0 saturated heterocycles. The van der Waals surface area contributed by atoms with E-state index in [4.69, 9.17) is 4.74 Å². The zero-order valence-corrected chi connectivity index (χ0v) is 10.3. The van der Waals surface area contributed by atoms with Crippen molar-refractivity contribution in [2.75, 3.05) is 0 Å². The quantitative estimate of drug-likeness (QED) is 0.729.